The summed E-state index contributed by atoms with van der Waals surface area (Å²) in [5, 5.41) is 8.95. The third kappa shape index (κ3) is 2.34. The van der Waals surface area contributed by atoms with Gasteiger partial charge in [-0.3, -0.25) is 4.55 Å². The SMILES string of the molecule is O=S(=O)(O)C1CCCC2CC(O)CCC21. The fourth-order valence-electron chi connectivity index (χ4n) is 3.25. The lowest BCUT2D eigenvalue weighted by Gasteiger charge is -2.41. The molecule has 2 aliphatic rings. The molecule has 2 rings (SSSR count). The summed E-state index contributed by atoms with van der Waals surface area (Å²) in [6.07, 6.45) is 4.26. The Hall–Kier alpha value is -0.130. The highest BCUT2D eigenvalue weighted by Crippen LogP contribution is 2.42. The first-order valence-corrected chi connectivity index (χ1v) is 7.13. The van der Waals surface area contributed by atoms with Crippen LogP contribution in [0.25, 0.3) is 0 Å². The number of aliphatic hydroxyl groups excluding tert-OH is 1. The lowest BCUT2D eigenvalue weighted by atomic mass is 9.70. The summed E-state index contributed by atoms with van der Waals surface area (Å²) in [6, 6.07) is 0. The lowest BCUT2D eigenvalue weighted by molar-refractivity contribution is 0.0495. The highest BCUT2D eigenvalue weighted by Gasteiger charge is 2.42. The maximum atomic E-state index is 11.2. The molecule has 0 aromatic carbocycles. The molecule has 2 aliphatic carbocycles. The second-order valence-electron chi connectivity index (χ2n) is 4.88. The van der Waals surface area contributed by atoms with Gasteiger partial charge in [0.2, 0.25) is 0 Å². The maximum Gasteiger partial charge on any atom is 0.268 e. The molecule has 15 heavy (non-hydrogen) atoms. The van der Waals surface area contributed by atoms with Gasteiger partial charge in [-0.25, -0.2) is 0 Å². The highest BCUT2D eigenvalue weighted by molar-refractivity contribution is 7.86. The molecule has 0 saturated heterocycles. The average molecular weight is 234 g/mol. The van der Waals surface area contributed by atoms with Crippen molar-refractivity contribution in [1.82, 2.24) is 0 Å². The van der Waals surface area contributed by atoms with E-state index in [9.17, 15) is 13.5 Å². The van der Waals surface area contributed by atoms with Gasteiger partial charge in [-0.2, -0.15) is 8.42 Å². The molecule has 4 unspecified atom stereocenters. The van der Waals surface area contributed by atoms with E-state index in [1.165, 1.54) is 0 Å². The summed E-state index contributed by atoms with van der Waals surface area (Å²) >= 11 is 0. The molecule has 0 spiro atoms. The van der Waals surface area contributed by atoms with Gasteiger partial charge in [0.05, 0.1) is 11.4 Å². The molecule has 0 amide bonds. The third-order valence-electron chi connectivity index (χ3n) is 3.94. The highest BCUT2D eigenvalue weighted by atomic mass is 32.2. The maximum absolute atomic E-state index is 11.2. The van der Waals surface area contributed by atoms with Crippen LogP contribution in [0.2, 0.25) is 0 Å². The van der Waals surface area contributed by atoms with Crippen LogP contribution in [0.15, 0.2) is 0 Å². The van der Waals surface area contributed by atoms with E-state index in [0.717, 1.165) is 19.3 Å². The predicted octanol–water partition coefficient (Wildman–Crippen LogP) is 1.20. The normalized spacial score (nSPS) is 42.3. The monoisotopic (exact) mass is 234 g/mol. The quantitative estimate of drug-likeness (QED) is 0.669. The molecule has 0 bridgehead atoms. The van der Waals surface area contributed by atoms with E-state index in [1.807, 2.05) is 0 Å². The molecule has 5 heteroatoms. The Bertz CT molecular complexity index is 324. The number of fused-ring (bicyclic) bond motifs is 1. The van der Waals surface area contributed by atoms with E-state index < -0.39 is 15.4 Å². The summed E-state index contributed by atoms with van der Waals surface area (Å²) in [5.74, 6) is 0.353. The van der Waals surface area contributed by atoms with Crippen LogP contribution in [0, 0.1) is 11.8 Å². The molecule has 4 atom stereocenters. The number of hydrogen-bond acceptors (Lipinski definition) is 3. The molecule has 0 heterocycles. The molecule has 0 aliphatic heterocycles. The second kappa shape index (κ2) is 4.03. The smallest absolute Gasteiger partial charge is 0.268 e. The van der Waals surface area contributed by atoms with E-state index in [-0.39, 0.29) is 17.9 Å². The van der Waals surface area contributed by atoms with Crippen LogP contribution in [0.4, 0.5) is 0 Å². The Morgan fingerprint density at radius 2 is 1.80 bits per heavy atom. The molecule has 0 aromatic rings. The Kier molecular flexibility index (Phi) is 3.05. The fourth-order valence-corrected chi connectivity index (χ4v) is 4.51. The van der Waals surface area contributed by atoms with Gasteiger partial charge in [-0.05, 0) is 43.9 Å². The first-order chi connectivity index (χ1) is 6.98. The van der Waals surface area contributed by atoms with Gasteiger partial charge in [-0.15, -0.1) is 0 Å². The molecular formula is C10H18O4S. The Balaban J connectivity index is 2.15. The fraction of sp³-hybridized carbons (Fsp3) is 1.00. The van der Waals surface area contributed by atoms with Gasteiger partial charge in [0.1, 0.15) is 0 Å². The zero-order valence-electron chi connectivity index (χ0n) is 8.67. The van der Waals surface area contributed by atoms with Crippen molar-refractivity contribution in [2.45, 2.75) is 49.9 Å². The van der Waals surface area contributed by atoms with E-state index in [0.29, 0.717) is 19.3 Å². The van der Waals surface area contributed by atoms with Crippen molar-refractivity contribution in [1.29, 1.82) is 0 Å². The molecule has 2 fully saturated rings. The average Bonchev–Trinajstić information content (AvgIpc) is 2.15. The summed E-state index contributed by atoms with van der Waals surface area (Å²) in [5.41, 5.74) is 0. The minimum Gasteiger partial charge on any atom is -0.393 e. The van der Waals surface area contributed by atoms with Gasteiger partial charge in [0, 0.05) is 0 Å². The second-order valence-corrected chi connectivity index (χ2v) is 6.51. The third-order valence-corrected chi connectivity index (χ3v) is 5.29. The summed E-state index contributed by atoms with van der Waals surface area (Å²) in [6.45, 7) is 0. The Morgan fingerprint density at radius 3 is 2.47 bits per heavy atom. The zero-order chi connectivity index (χ0) is 11.1. The Morgan fingerprint density at radius 1 is 1.07 bits per heavy atom. The van der Waals surface area contributed by atoms with Gasteiger partial charge in [-0.1, -0.05) is 6.42 Å². The molecular weight excluding hydrogens is 216 g/mol. The first kappa shape index (κ1) is 11.4. The van der Waals surface area contributed by atoms with Crippen LogP contribution in [0.1, 0.15) is 38.5 Å². The van der Waals surface area contributed by atoms with Crippen molar-refractivity contribution in [2.75, 3.05) is 0 Å². The van der Waals surface area contributed by atoms with Crippen LogP contribution < -0.4 is 0 Å². The van der Waals surface area contributed by atoms with Crippen LogP contribution >= 0.6 is 0 Å². The summed E-state index contributed by atoms with van der Waals surface area (Å²) in [7, 11) is -3.90. The van der Waals surface area contributed by atoms with Gasteiger partial charge < -0.3 is 5.11 Å². The van der Waals surface area contributed by atoms with E-state index in [1.54, 1.807) is 0 Å². The zero-order valence-corrected chi connectivity index (χ0v) is 9.49. The van der Waals surface area contributed by atoms with E-state index in [4.69, 9.17) is 4.55 Å². The van der Waals surface area contributed by atoms with Crippen molar-refractivity contribution >= 4 is 10.1 Å². The van der Waals surface area contributed by atoms with Crippen molar-refractivity contribution < 1.29 is 18.1 Å². The van der Waals surface area contributed by atoms with E-state index in [2.05, 4.69) is 0 Å². The van der Waals surface area contributed by atoms with Crippen LogP contribution in [-0.2, 0) is 10.1 Å². The van der Waals surface area contributed by atoms with E-state index >= 15 is 0 Å². The van der Waals surface area contributed by atoms with Crippen LogP contribution in [0.3, 0.4) is 0 Å². The molecule has 4 nitrogen and oxygen atoms in total. The Labute approximate surface area is 90.4 Å². The largest absolute Gasteiger partial charge is 0.393 e. The number of rotatable bonds is 1. The van der Waals surface area contributed by atoms with Crippen LogP contribution in [-0.4, -0.2) is 29.4 Å². The van der Waals surface area contributed by atoms with Crippen molar-refractivity contribution in [3.8, 4) is 0 Å². The lowest BCUT2D eigenvalue weighted by Crippen LogP contribution is -2.42. The molecule has 2 saturated carbocycles. The standard InChI is InChI=1S/C10H18O4S/c11-8-4-5-9-7(6-8)2-1-3-10(9)15(12,13)14/h7-11H,1-6H2,(H,12,13,14). The van der Waals surface area contributed by atoms with Crippen molar-refractivity contribution in [2.24, 2.45) is 11.8 Å². The topological polar surface area (TPSA) is 74.6 Å². The van der Waals surface area contributed by atoms with Gasteiger partial charge in [0.25, 0.3) is 10.1 Å². The van der Waals surface area contributed by atoms with Crippen LogP contribution in [0.5, 0.6) is 0 Å². The van der Waals surface area contributed by atoms with Crippen molar-refractivity contribution in [3.05, 3.63) is 0 Å². The first-order valence-electron chi connectivity index (χ1n) is 5.63. The minimum atomic E-state index is -3.90. The minimum absolute atomic E-state index is 0.0668. The van der Waals surface area contributed by atoms with Gasteiger partial charge >= 0.3 is 0 Å². The molecule has 0 radical (unpaired) electrons. The number of aliphatic hydroxyl groups is 1. The summed E-state index contributed by atoms with van der Waals surface area (Å²) in [4.78, 5) is 0. The summed E-state index contributed by atoms with van der Waals surface area (Å²) < 4.78 is 31.6. The van der Waals surface area contributed by atoms with Gasteiger partial charge in [0.15, 0.2) is 0 Å². The molecule has 0 aromatic heterocycles. The molecule has 2 N–H and O–H groups in total. The number of hydrogen-bond donors (Lipinski definition) is 2. The predicted molar refractivity (Wildman–Crippen MR) is 56.0 cm³/mol. The molecule has 88 valence electrons. The van der Waals surface area contributed by atoms with Crippen molar-refractivity contribution in [3.63, 3.8) is 0 Å².